The minimum absolute atomic E-state index is 0.293. The van der Waals surface area contributed by atoms with E-state index in [1.54, 1.807) is 5.32 Å². The molecule has 4 nitrogen and oxygen atoms in total. The molecule has 0 aliphatic carbocycles. The molecule has 1 amide bonds. The first kappa shape index (κ1) is 12.7. The van der Waals surface area contributed by atoms with Gasteiger partial charge < -0.3 is 10.1 Å². The van der Waals surface area contributed by atoms with Crippen LogP contribution in [0.1, 0.15) is 13.3 Å². The first-order chi connectivity index (χ1) is 6.27. The van der Waals surface area contributed by atoms with Gasteiger partial charge in [0.25, 0.3) is 0 Å². The van der Waals surface area contributed by atoms with Crippen LogP contribution in [0.4, 0.5) is 13.2 Å². The molecule has 0 aromatic carbocycles. The Kier molecular flexibility index (Phi) is 4.39. The summed E-state index contributed by atoms with van der Waals surface area (Å²) in [6.07, 6.45) is -5.22. The zero-order valence-corrected chi connectivity index (χ0v) is 7.64. The van der Waals surface area contributed by atoms with Crippen molar-refractivity contribution < 1.29 is 27.5 Å². The molecule has 0 aliphatic rings. The quantitative estimate of drug-likeness (QED) is 0.699. The Bertz CT molecular complexity index is 227. The average Bonchev–Trinajstić information content (AvgIpc) is 2.02. The lowest BCUT2D eigenvalue weighted by Gasteiger charge is -2.13. The molecule has 0 rings (SSSR count). The number of nitrogens with one attached hydrogen (secondary N) is 1. The van der Waals surface area contributed by atoms with Gasteiger partial charge in [0.1, 0.15) is 0 Å². The zero-order valence-electron chi connectivity index (χ0n) is 7.64. The van der Waals surface area contributed by atoms with Crippen LogP contribution in [0.2, 0.25) is 0 Å². The molecule has 0 spiro atoms. The van der Waals surface area contributed by atoms with Crippen molar-refractivity contribution in [2.45, 2.75) is 25.6 Å². The summed E-state index contributed by atoms with van der Waals surface area (Å²) < 4.78 is 39.3. The highest BCUT2D eigenvalue weighted by Crippen LogP contribution is 2.14. The average molecular weight is 213 g/mol. The number of halogens is 3. The minimum atomic E-state index is -4.93. The lowest BCUT2D eigenvalue weighted by Crippen LogP contribution is -2.42. The molecule has 7 heteroatoms. The molecule has 0 aromatic rings. The Morgan fingerprint density at radius 2 is 1.93 bits per heavy atom. The number of carbonyl (C=O) groups excluding carboxylic acids is 2. The van der Waals surface area contributed by atoms with Gasteiger partial charge in [-0.2, -0.15) is 13.2 Å². The van der Waals surface area contributed by atoms with Gasteiger partial charge in [-0.1, -0.05) is 0 Å². The van der Waals surface area contributed by atoms with E-state index >= 15 is 0 Å². The van der Waals surface area contributed by atoms with Gasteiger partial charge in [0.15, 0.2) is 0 Å². The number of methoxy groups -OCH3 is 1. The van der Waals surface area contributed by atoms with Crippen LogP contribution in [0.25, 0.3) is 0 Å². The second-order valence-electron chi connectivity index (χ2n) is 2.65. The van der Waals surface area contributed by atoms with E-state index in [-0.39, 0.29) is 6.42 Å². The molecule has 0 saturated heterocycles. The molecule has 0 bridgehead atoms. The number of ether oxygens (including phenoxy) is 1. The second kappa shape index (κ2) is 4.83. The number of hydrogen-bond acceptors (Lipinski definition) is 3. The molecule has 0 saturated carbocycles. The number of rotatable bonds is 3. The fourth-order valence-corrected chi connectivity index (χ4v) is 0.690. The Morgan fingerprint density at radius 3 is 2.29 bits per heavy atom. The molecule has 0 fully saturated rings. The molecule has 0 aromatic heterocycles. The van der Waals surface area contributed by atoms with Gasteiger partial charge in [0.2, 0.25) is 0 Å². The number of alkyl halides is 3. The van der Waals surface area contributed by atoms with Crippen molar-refractivity contribution in [3.05, 3.63) is 0 Å². The first-order valence-electron chi connectivity index (χ1n) is 3.72. The Labute approximate surface area is 78.4 Å². The summed E-state index contributed by atoms with van der Waals surface area (Å²) in [5.74, 6) is -2.74. The highest BCUT2D eigenvalue weighted by molar-refractivity contribution is 5.82. The number of amides is 1. The first-order valence-corrected chi connectivity index (χ1v) is 3.72. The van der Waals surface area contributed by atoms with Crippen LogP contribution >= 0.6 is 0 Å². The Hall–Kier alpha value is -1.27. The van der Waals surface area contributed by atoms with Crippen molar-refractivity contribution in [2.24, 2.45) is 0 Å². The standard InChI is InChI=1S/C7H10F3NO3/c1-4(3-5(12)14-2)11-6(13)7(8,9)10/h4H,3H2,1-2H3,(H,11,13). The number of hydrogen-bond donors (Lipinski definition) is 1. The maximum atomic E-state index is 11.7. The predicted molar refractivity (Wildman–Crippen MR) is 40.3 cm³/mol. The lowest BCUT2D eigenvalue weighted by molar-refractivity contribution is -0.174. The molecule has 1 N–H and O–H groups in total. The van der Waals surface area contributed by atoms with Crippen LogP contribution in [0, 0.1) is 0 Å². The monoisotopic (exact) mass is 213 g/mol. The van der Waals surface area contributed by atoms with Crippen molar-refractivity contribution in [1.82, 2.24) is 5.32 Å². The third-order valence-corrected chi connectivity index (χ3v) is 1.34. The Balaban J connectivity index is 4.01. The van der Waals surface area contributed by atoms with Gasteiger partial charge in [-0.15, -0.1) is 0 Å². The van der Waals surface area contributed by atoms with Gasteiger partial charge >= 0.3 is 18.1 Å². The summed E-state index contributed by atoms with van der Waals surface area (Å²) >= 11 is 0. The van der Waals surface area contributed by atoms with E-state index in [1.807, 2.05) is 0 Å². The summed E-state index contributed by atoms with van der Waals surface area (Å²) in [5, 5.41) is 1.62. The van der Waals surface area contributed by atoms with E-state index in [2.05, 4.69) is 4.74 Å². The minimum Gasteiger partial charge on any atom is -0.469 e. The van der Waals surface area contributed by atoms with Crippen molar-refractivity contribution >= 4 is 11.9 Å². The summed E-state index contributed by atoms with van der Waals surface area (Å²) in [6.45, 7) is 1.28. The smallest absolute Gasteiger partial charge is 0.469 e. The maximum Gasteiger partial charge on any atom is 0.471 e. The molecule has 0 aliphatic heterocycles. The highest BCUT2D eigenvalue weighted by atomic mass is 19.4. The van der Waals surface area contributed by atoms with Crippen LogP contribution in [-0.4, -0.2) is 31.2 Å². The third-order valence-electron chi connectivity index (χ3n) is 1.34. The fourth-order valence-electron chi connectivity index (χ4n) is 0.690. The highest BCUT2D eigenvalue weighted by Gasteiger charge is 2.39. The molecule has 1 atom stereocenters. The molecular weight excluding hydrogens is 203 g/mol. The Morgan fingerprint density at radius 1 is 1.43 bits per heavy atom. The maximum absolute atomic E-state index is 11.7. The second-order valence-corrected chi connectivity index (χ2v) is 2.65. The van der Waals surface area contributed by atoms with E-state index in [4.69, 9.17) is 0 Å². The van der Waals surface area contributed by atoms with Crippen LogP contribution in [0.15, 0.2) is 0 Å². The fraction of sp³-hybridized carbons (Fsp3) is 0.714. The SMILES string of the molecule is COC(=O)CC(C)NC(=O)C(F)(F)F. The molecule has 82 valence electrons. The lowest BCUT2D eigenvalue weighted by atomic mass is 10.2. The molecule has 0 radical (unpaired) electrons. The van der Waals surface area contributed by atoms with Gasteiger partial charge in [-0.05, 0) is 6.92 Å². The summed E-state index contributed by atoms with van der Waals surface area (Å²) in [4.78, 5) is 21.0. The summed E-state index contributed by atoms with van der Waals surface area (Å²) in [7, 11) is 1.11. The van der Waals surface area contributed by atoms with Gasteiger partial charge in [0, 0.05) is 6.04 Å². The van der Waals surface area contributed by atoms with E-state index in [0.717, 1.165) is 7.11 Å². The summed E-state index contributed by atoms with van der Waals surface area (Å²) in [6, 6.07) is -0.906. The predicted octanol–water partition coefficient (Wildman–Crippen LogP) is 0.616. The normalized spacial score (nSPS) is 13.2. The van der Waals surface area contributed by atoms with E-state index in [0.29, 0.717) is 0 Å². The summed E-state index contributed by atoms with van der Waals surface area (Å²) in [5.41, 5.74) is 0. The van der Waals surface area contributed by atoms with Crippen molar-refractivity contribution in [2.75, 3.05) is 7.11 Å². The number of esters is 1. The third kappa shape index (κ3) is 4.68. The van der Waals surface area contributed by atoms with Crippen LogP contribution in [0.3, 0.4) is 0 Å². The van der Waals surface area contributed by atoms with Crippen molar-refractivity contribution in [3.8, 4) is 0 Å². The van der Waals surface area contributed by atoms with Crippen LogP contribution in [0.5, 0.6) is 0 Å². The van der Waals surface area contributed by atoms with Crippen LogP contribution in [-0.2, 0) is 14.3 Å². The van der Waals surface area contributed by atoms with E-state index < -0.39 is 24.1 Å². The number of carbonyl (C=O) groups is 2. The molecule has 1 unspecified atom stereocenters. The van der Waals surface area contributed by atoms with Crippen molar-refractivity contribution in [3.63, 3.8) is 0 Å². The molecule has 14 heavy (non-hydrogen) atoms. The zero-order chi connectivity index (χ0) is 11.4. The van der Waals surface area contributed by atoms with E-state index in [1.165, 1.54) is 6.92 Å². The topological polar surface area (TPSA) is 55.4 Å². The van der Waals surface area contributed by atoms with Gasteiger partial charge in [-0.25, -0.2) is 0 Å². The van der Waals surface area contributed by atoms with Gasteiger partial charge in [-0.3, -0.25) is 9.59 Å². The molecule has 0 heterocycles. The molecular formula is C7H10F3NO3. The van der Waals surface area contributed by atoms with Gasteiger partial charge in [0.05, 0.1) is 13.5 Å². The van der Waals surface area contributed by atoms with E-state index in [9.17, 15) is 22.8 Å². The largest absolute Gasteiger partial charge is 0.471 e. The van der Waals surface area contributed by atoms with Crippen molar-refractivity contribution in [1.29, 1.82) is 0 Å². The van der Waals surface area contributed by atoms with Crippen LogP contribution < -0.4 is 5.32 Å².